The summed E-state index contributed by atoms with van der Waals surface area (Å²) in [6, 6.07) is 10.1. The molecule has 1 aromatic carbocycles. The maximum Gasteiger partial charge on any atom is 0.264 e. The van der Waals surface area contributed by atoms with Crippen LogP contribution in [0.25, 0.3) is 0 Å². The van der Waals surface area contributed by atoms with E-state index in [2.05, 4.69) is 19.1 Å². The van der Waals surface area contributed by atoms with E-state index in [1.807, 2.05) is 18.2 Å². The van der Waals surface area contributed by atoms with Crippen molar-refractivity contribution >= 4 is 23.5 Å². The molecule has 170 valence electrons. The molecule has 3 N–H and O–H groups in total. The van der Waals surface area contributed by atoms with Crippen molar-refractivity contribution in [3.8, 4) is 5.75 Å². The predicted octanol–water partition coefficient (Wildman–Crippen LogP) is 3.76. The molecule has 1 atom stereocenters. The van der Waals surface area contributed by atoms with Crippen molar-refractivity contribution in [3.63, 3.8) is 0 Å². The quantitative estimate of drug-likeness (QED) is 0.340. The number of rotatable bonds is 14. The lowest BCUT2D eigenvalue weighted by Gasteiger charge is -2.15. The Kier molecular flexibility index (Phi) is 10.7. The van der Waals surface area contributed by atoms with Crippen molar-refractivity contribution in [2.45, 2.75) is 51.5 Å². The lowest BCUT2D eigenvalue weighted by Crippen LogP contribution is -2.27. The summed E-state index contributed by atoms with van der Waals surface area (Å²) in [7, 11) is 1.64. The minimum atomic E-state index is -0.111. The first-order valence-electron chi connectivity index (χ1n) is 10.9. The molecule has 0 aliphatic heterocycles. The van der Waals surface area contributed by atoms with E-state index in [-0.39, 0.29) is 19.1 Å². The molecule has 1 heterocycles. The van der Waals surface area contributed by atoms with Gasteiger partial charge in [0.2, 0.25) is 0 Å². The van der Waals surface area contributed by atoms with Crippen molar-refractivity contribution in [3.05, 3.63) is 51.2 Å². The second-order valence-electron chi connectivity index (χ2n) is 7.62. The number of aliphatic hydroxyl groups is 1. The molecule has 0 saturated carbocycles. The lowest BCUT2D eigenvalue weighted by molar-refractivity contribution is -0.108. The van der Waals surface area contributed by atoms with E-state index in [1.165, 1.54) is 26.7 Å². The molecule has 0 aliphatic rings. The van der Waals surface area contributed by atoms with E-state index >= 15 is 0 Å². The Balaban J connectivity index is 1.99. The number of carbonyl (C=O) groups excluding carboxylic acids is 2. The van der Waals surface area contributed by atoms with Gasteiger partial charge in [0, 0.05) is 30.6 Å². The minimum absolute atomic E-state index is 0.105. The molecule has 1 aromatic heterocycles. The van der Waals surface area contributed by atoms with Gasteiger partial charge in [-0.1, -0.05) is 19.1 Å². The number of nitrogens with two attached hydrogens (primary N) is 1. The molecule has 0 radical (unpaired) electrons. The van der Waals surface area contributed by atoms with Gasteiger partial charge >= 0.3 is 0 Å². The largest absolute Gasteiger partial charge is 0.493 e. The number of ether oxygens (including phenoxy) is 1. The van der Waals surface area contributed by atoms with Gasteiger partial charge in [-0.05, 0) is 61.8 Å². The molecule has 2 aromatic rings. The Morgan fingerprint density at radius 2 is 2.10 bits per heavy atom. The first-order valence-corrected chi connectivity index (χ1v) is 11.7. The van der Waals surface area contributed by atoms with E-state index in [9.17, 15) is 9.59 Å². The molecule has 1 unspecified atom stereocenters. The maximum atomic E-state index is 12.4. The number of aryl methyl sites for hydroxylation is 1. The Hall–Kier alpha value is -2.22. The number of amides is 1. The smallest absolute Gasteiger partial charge is 0.264 e. The van der Waals surface area contributed by atoms with E-state index in [0.717, 1.165) is 49.7 Å². The highest BCUT2D eigenvalue weighted by atomic mass is 32.1. The van der Waals surface area contributed by atoms with Crippen molar-refractivity contribution < 1.29 is 19.4 Å². The zero-order valence-corrected chi connectivity index (χ0v) is 19.3. The number of carbonyl (C=O) groups is 2. The highest BCUT2D eigenvalue weighted by molar-refractivity contribution is 7.14. The Morgan fingerprint density at radius 1 is 1.29 bits per heavy atom. The Morgan fingerprint density at radius 3 is 2.77 bits per heavy atom. The molecule has 0 fully saturated rings. The van der Waals surface area contributed by atoms with E-state index < -0.39 is 0 Å². The van der Waals surface area contributed by atoms with Gasteiger partial charge in [0.1, 0.15) is 12.0 Å². The van der Waals surface area contributed by atoms with Crippen LogP contribution in [0.5, 0.6) is 5.75 Å². The fourth-order valence-corrected chi connectivity index (χ4v) is 4.66. The highest BCUT2D eigenvalue weighted by Gasteiger charge is 2.18. The normalized spacial score (nSPS) is 11.9. The molecular formula is C24H34N2O4S. The molecule has 7 heteroatoms. The molecule has 0 bridgehead atoms. The van der Waals surface area contributed by atoms with Gasteiger partial charge in [0.15, 0.2) is 0 Å². The molecule has 2 rings (SSSR count). The number of nitrogens with zero attached hydrogens (tertiary/aromatic N) is 1. The van der Waals surface area contributed by atoms with Crippen LogP contribution in [0.3, 0.4) is 0 Å². The Labute approximate surface area is 189 Å². The second-order valence-corrected chi connectivity index (χ2v) is 8.74. The number of aldehydes is 1. The van der Waals surface area contributed by atoms with E-state index in [4.69, 9.17) is 15.6 Å². The first kappa shape index (κ1) is 25.0. The van der Waals surface area contributed by atoms with Crippen molar-refractivity contribution in [1.29, 1.82) is 0 Å². The minimum Gasteiger partial charge on any atom is -0.493 e. The van der Waals surface area contributed by atoms with E-state index in [1.54, 1.807) is 7.05 Å². The molecule has 0 spiro atoms. The number of thiophene rings is 1. The summed E-state index contributed by atoms with van der Waals surface area (Å²) >= 11 is 1.52. The van der Waals surface area contributed by atoms with Crippen LogP contribution in [-0.4, -0.2) is 49.0 Å². The maximum absolute atomic E-state index is 12.4. The number of unbranched alkanes of at least 4 members (excludes halogenated alkanes) is 1. The van der Waals surface area contributed by atoms with Crippen LogP contribution in [0.1, 0.15) is 64.2 Å². The number of benzene rings is 1. The molecule has 0 saturated heterocycles. The van der Waals surface area contributed by atoms with Crippen LogP contribution in [-0.2, 0) is 17.8 Å². The molecular weight excluding hydrogens is 412 g/mol. The molecule has 1 amide bonds. The van der Waals surface area contributed by atoms with Crippen LogP contribution < -0.4 is 10.5 Å². The van der Waals surface area contributed by atoms with Gasteiger partial charge in [-0.25, -0.2) is 0 Å². The van der Waals surface area contributed by atoms with Crippen LogP contribution in [0.15, 0.2) is 30.3 Å². The van der Waals surface area contributed by atoms with Crippen LogP contribution in [0.4, 0.5) is 0 Å². The van der Waals surface area contributed by atoms with Crippen molar-refractivity contribution in [1.82, 2.24) is 4.90 Å². The summed E-state index contributed by atoms with van der Waals surface area (Å²) < 4.78 is 5.82. The number of aliphatic hydroxyl groups excluding tert-OH is 1. The molecule has 0 aliphatic carbocycles. The predicted molar refractivity (Wildman–Crippen MR) is 125 cm³/mol. The zero-order valence-electron chi connectivity index (χ0n) is 18.5. The third-order valence-corrected chi connectivity index (χ3v) is 6.60. The third-order valence-electron chi connectivity index (χ3n) is 5.36. The van der Waals surface area contributed by atoms with E-state index in [0.29, 0.717) is 23.9 Å². The SMILES string of the molecule is CCC(CCc1ccc(OCCCCO)c(CN)c1)c1ccc(C(=O)N(C)CC=O)s1. The lowest BCUT2D eigenvalue weighted by atomic mass is 9.95. The van der Waals surface area contributed by atoms with Crippen LogP contribution in [0, 0.1) is 0 Å². The topological polar surface area (TPSA) is 92.9 Å². The third kappa shape index (κ3) is 7.45. The summed E-state index contributed by atoms with van der Waals surface area (Å²) in [5.41, 5.74) is 8.14. The van der Waals surface area contributed by atoms with Crippen molar-refractivity contribution in [2.24, 2.45) is 5.73 Å². The van der Waals surface area contributed by atoms with Crippen molar-refractivity contribution in [2.75, 3.05) is 26.8 Å². The van der Waals surface area contributed by atoms with Crippen LogP contribution in [0.2, 0.25) is 0 Å². The summed E-state index contributed by atoms with van der Waals surface area (Å²) in [4.78, 5) is 26.4. The van der Waals surface area contributed by atoms with Gasteiger partial charge < -0.3 is 25.3 Å². The standard InChI is InChI=1S/C24H34N2O4S/c1-3-19(22-10-11-23(31-22)24(29)26(2)12-14-28)8-6-18-7-9-21(20(16-18)17-25)30-15-5-4-13-27/h7,9-11,14,16,19,27H,3-6,8,12-13,15,17,25H2,1-2H3. The summed E-state index contributed by atoms with van der Waals surface area (Å²) in [6.07, 6.45) is 5.18. The molecule has 31 heavy (non-hydrogen) atoms. The zero-order chi connectivity index (χ0) is 22.6. The monoisotopic (exact) mass is 446 g/mol. The summed E-state index contributed by atoms with van der Waals surface area (Å²) in [6.45, 7) is 3.45. The average Bonchev–Trinajstić information content (AvgIpc) is 3.27. The number of likely N-dealkylation sites (N-methyl/N-ethyl adjacent to an activating group) is 1. The summed E-state index contributed by atoms with van der Waals surface area (Å²) in [5.74, 6) is 1.08. The first-order chi connectivity index (χ1) is 15.0. The van der Waals surface area contributed by atoms with Gasteiger partial charge in [-0.3, -0.25) is 4.79 Å². The number of hydrogen-bond donors (Lipinski definition) is 2. The van der Waals surface area contributed by atoms with Gasteiger partial charge in [-0.15, -0.1) is 11.3 Å². The number of hydrogen-bond acceptors (Lipinski definition) is 6. The fourth-order valence-electron chi connectivity index (χ4n) is 3.44. The Bertz CT molecular complexity index is 837. The van der Waals surface area contributed by atoms with Gasteiger partial charge in [-0.2, -0.15) is 0 Å². The summed E-state index contributed by atoms with van der Waals surface area (Å²) in [5, 5.41) is 8.88. The average molecular weight is 447 g/mol. The van der Waals surface area contributed by atoms with Gasteiger partial charge in [0.25, 0.3) is 5.91 Å². The van der Waals surface area contributed by atoms with Crippen LogP contribution >= 0.6 is 11.3 Å². The van der Waals surface area contributed by atoms with Gasteiger partial charge in [0.05, 0.1) is 18.0 Å². The highest BCUT2D eigenvalue weighted by Crippen LogP contribution is 2.32. The molecule has 6 nitrogen and oxygen atoms in total. The second kappa shape index (κ2) is 13.2. The fraction of sp³-hybridized carbons (Fsp3) is 0.500.